The first-order valence-electron chi connectivity index (χ1n) is 8.77. The Labute approximate surface area is 132 Å². The lowest BCUT2D eigenvalue weighted by Gasteiger charge is -2.49. The number of fused-ring (bicyclic) bond motifs is 1. The summed E-state index contributed by atoms with van der Waals surface area (Å²) >= 11 is 0. The van der Waals surface area contributed by atoms with Crippen molar-refractivity contribution in [2.24, 2.45) is 0 Å². The topological polar surface area (TPSA) is 66.2 Å². The van der Waals surface area contributed by atoms with E-state index in [0.717, 1.165) is 51.1 Å². The minimum absolute atomic E-state index is 0.330. The highest BCUT2D eigenvalue weighted by molar-refractivity contribution is 5.00. The Morgan fingerprint density at radius 3 is 3.09 bits per heavy atom. The predicted octanol–water partition coefficient (Wildman–Crippen LogP) is 1.16. The first kappa shape index (κ1) is 15.9. The smallest absolute Gasteiger partial charge is 0.146 e. The lowest BCUT2D eigenvalue weighted by Crippen LogP contribution is -2.62. The molecule has 1 aromatic rings. The number of nitrogens with one attached hydrogen (secondary N) is 1. The molecule has 0 amide bonds. The molecule has 6 heteroatoms. The summed E-state index contributed by atoms with van der Waals surface area (Å²) in [7, 11) is 0. The van der Waals surface area contributed by atoms with Gasteiger partial charge < -0.3 is 15.0 Å². The fourth-order valence-corrected chi connectivity index (χ4v) is 4.06. The van der Waals surface area contributed by atoms with Gasteiger partial charge in [0.25, 0.3) is 0 Å². The molecule has 3 rings (SSSR count). The molecule has 0 spiro atoms. The van der Waals surface area contributed by atoms with Gasteiger partial charge in [0.1, 0.15) is 12.2 Å². The summed E-state index contributed by atoms with van der Waals surface area (Å²) in [4.78, 5) is 2.49. The molecule has 2 N–H and O–H groups in total. The van der Waals surface area contributed by atoms with Crippen molar-refractivity contribution in [3.63, 3.8) is 0 Å². The zero-order chi connectivity index (χ0) is 15.4. The minimum atomic E-state index is -0.589. The molecule has 2 aliphatic heterocycles. The lowest BCUT2D eigenvalue weighted by molar-refractivity contribution is -0.0920. The number of aliphatic hydroxyl groups is 1. The van der Waals surface area contributed by atoms with Gasteiger partial charge in [-0.25, -0.2) is 0 Å². The van der Waals surface area contributed by atoms with Crippen LogP contribution in [0.25, 0.3) is 0 Å². The molecule has 0 unspecified atom stereocenters. The van der Waals surface area contributed by atoms with Crippen LogP contribution in [0.3, 0.4) is 0 Å². The van der Waals surface area contributed by atoms with Gasteiger partial charge in [-0.2, -0.15) is 0 Å². The van der Waals surface area contributed by atoms with Crippen LogP contribution >= 0.6 is 0 Å². The number of piperidine rings is 2. The average molecular weight is 307 g/mol. The Hall–Kier alpha value is -0.980. The van der Waals surface area contributed by atoms with Crippen molar-refractivity contribution in [3.05, 3.63) is 12.2 Å². The van der Waals surface area contributed by atoms with E-state index in [9.17, 15) is 5.11 Å². The third-order valence-corrected chi connectivity index (χ3v) is 5.16. The van der Waals surface area contributed by atoms with E-state index < -0.39 is 5.60 Å². The van der Waals surface area contributed by atoms with Crippen LogP contribution in [0.5, 0.6) is 0 Å². The van der Waals surface area contributed by atoms with Crippen LogP contribution < -0.4 is 5.32 Å². The van der Waals surface area contributed by atoms with Gasteiger partial charge in [-0.05, 0) is 45.2 Å². The van der Waals surface area contributed by atoms with E-state index in [1.807, 2.05) is 0 Å². The number of hydrogen-bond acceptors (Lipinski definition) is 5. The second-order valence-electron chi connectivity index (χ2n) is 6.80. The molecule has 2 fully saturated rings. The van der Waals surface area contributed by atoms with Gasteiger partial charge in [0.15, 0.2) is 0 Å². The highest BCUT2D eigenvalue weighted by Crippen LogP contribution is 2.33. The van der Waals surface area contributed by atoms with Crippen molar-refractivity contribution in [3.8, 4) is 0 Å². The molecule has 0 aliphatic carbocycles. The van der Waals surface area contributed by atoms with Gasteiger partial charge in [-0.15, -0.1) is 10.2 Å². The van der Waals surface area contributed by atoms with Crippen molar-refractivity contribution < 1.29 is 5.11 Å². The maximum absolute atomic E-state index is 11.1. The Balaban J connectivity index is 1.56. The first-order valence-corrected chi connectivity index (χ1v) is 8.77. The van der Waals surface area contributed by atoms with E-state index in [-0.39, 0.29) is 0 Å². The van der Waals surface area contributed by atoms with Crippen LogP contribution in [-0.4, -0.2) is 56.0 Å². The molecule has 2 aliphatic rings. The van der Waals surface area contributed by atoms with E-state index in [4.69, 9.17) is 0 Å². The summed E-state index contributed by atoms with van der Waals surface area (Å²) < 4.78 is 2.09. The van der Waals surface area contributed by atoms with Gasteiger partial charge in [-0.1, -0.05) is 13.3 Å². The second kappa shape index (κ2) is 7.06. The monoisotopic (exact) mass is 307 g/mol. The zero-order valence-corrected chi connectivity index (χ0v) is 13.7. The highest BCUT2D eigenvalue weighted by atomic mass is 16.3. The first-order chi connectivity index (χ1) is 10.7. The fraction of sp³-hybridized carbons (Fsp3) is 0.875. The molecule has 2 atom stereocenters. The molecule has 1 aromatic heterocycles. The Morgan fingerprint density at radius 1 is 1.36 bits per heavy atom. The fourth-order valence-electron chi connectivity index (χ4n) is 4.06. The van der Waals surface area contributed by atoms with Gasteiger partial charge in [0.2, 0.25) is 0 Å². The largest absolute Gasteiger partial charge is 0.387 e. The maximum Gasteiger partial charge on any atom is 0.146 e. The number of aromatic nitrogens is 3. The van der Waals surface area contributed by atoms with Crippen molar-refractivity contribution in [1.29, 1.82) is 0 Å². The summed E-state index contributed by atoms with van der Waals surface area (Å²) in [5.41, 5.74) is -0.589. The molecule has 2 saturated heterocycles. The normalized spacial score (nSPS) is 29.5. The number of aryl methyl sites for hydroxylation is 1. The third kappa shape index (κ3) is 3.34. The van der Waals surface area contributed by atoms with Crippen LogP contribution in [0.4, 0.5) is 0 Å². The highest BCUT2D eigenvalue weighted by Gasteiger charge is 2.43. The number of rotatable bonds is 6. The number of hydrogen-bond donors (Lipinski definition) is 2. The molecule has 3 heterocycles. The average Bonchev–Trinajstić information content (AvgIpc) is 2.96. The quantitative estimate of drug-likeness (QED) is 0.825. The zero-order valence-electron chi connectivity index (χ0n) is 13.7. The summed E-state index contributed by atoms with van der Waals surface area (Å²) in [6, 6.07) is 0.330. The maximum atomic E-state index is 11.1. The molecule has 0 aromatic carbocycles. The molecule has 22 heavy (non-hydrogen) atoms. The Morgan fingerprint density at radius 2 is 2.23 bits per heavy atom. The van der Waals surface area contributed by atoms with Crippen LogP contribution in [0.1, 0.15) is 51.3 Å². The van der Waals surface area contributed by atoms with E-state index in [1.54, 1.807) is 6.33 Å². The summed E-state index contributed by atoms with van der Waals surface area (Å²) in [6.45, 7) is 6.72. The van der Waals surface area contributed by atoms with Crippen LogP contribution in [0.15, 0.2) is 6.33 Å². The molecule has 0 bridgehead atoms. The summed E-state index contributed by atoms with van der Waals surface area (Å²) in [6.07, 6.45) is 8.52. The third-order valence-electron chi connectivity index (χ3n) is 5.16. The molecular weight excluding hydrogens is 278 g/mol. The second-order valence-corrected chi connectivity index (χ2v) is 6.80. The van der Waals surface area contributed by atoms with Crippen LogP contribution in [0.2, 0.25) is 0 Å². The van der Waals surface area contributed by atoms with Gasteiger partial charge in [-0.3, -0.25) is 4.90 Å². The van der Waals surface area contributed by atoms with Crippen molar-refractivity contribution >= 4 is 0 Å². The molecular formula is C16H29N5O. The van der Waals surface area contributed by atoms with E-state index in [0.29, 0.717) is 19.1 Å². The summed E-state index contributed by atoms with van der Waals surface area (Å²) in [5.74, 6) is 0.960. The molecule has 6 nitrogen and oxygen atoms in total. The van der Waals surface area contributed by atoms with Crippen molar-refractivity contribution in [2.45, 2.75) is 70.2 Å². The van der Waals surface area contributed by atoms with Crippen molar-refractivity contribution in [2.75, 3.05) is 19.6 Å². The lowest BCUT2D eigenvalue weighted by atomic mass is 9.79. The van der Waals surface area contributed by atoms with Gasteiger partial charge in [0, 0.05) is 19.1 Å². The number of nitrogens with zero attached hydrogens (tertiary/aromatic N) is 4. The predicted molar refractivity (Wildman–Crippen MR) is 85.4 cm³/mol. The Kier molecular flexibility index (Phi) is 5.10. The molecule has 124 valence electrons. The van der Waals surface area contributed by atoms with Crippen LogP contribution in [-0.2, 0) is 13.1 Å². The summed E-state index contributed by atoms with van der Waals surface area (Å²) in [5, 5.41) is 22.7. The molecule has 0 saturated carbocycles. The van der Waals surface area contributed by atoms with E-state index >= 15 is 0 Å². The Bertz CT molecular complexity index is 475. The van der Waals surface area contributed by atoms with Gasteiger partial charge >= 0.3 is 0 Å². The molecule has 0 radical (unpaired) electrons. The standard InChI is InChI=1S/C16H29N5O/c1-2-8-21-13-18-19-15(21)11-17-12-16(22)7-5-10-20-9-4-3-6-14(16)20/h13-14,17,22H,2-12H2,1H3/t14-,16-/m1/s1. The minimum Gasteiger partial charge on any atom is -0.387 e. The van der Waals surface area contributed by atoms with E-state index in [2.05, 4.69) is 31.9 Å². The van der Waals surface area contributed by atoms with Crippen molar-refractivity contribution in [1.82, 2.24) is 25.0 Å². The SMILES string of the molecule is CCCn1cnnc1CNC[C@]1(O)CCCN2CCCC[C@@H]21. The van der Waals surface area contributed by atoms with E-state index in [1.165, 1.54) is 12.8 Å². The van der Waals surface area contributed by atoms with Crippen LogP contribution in [0, 0.1) is 0 Å². The van der Waals surface area contributed by atoms with Gasteiger partial charge in [0.05, 0.1) is 12.1 Å².